The Hall–Kier alpha value is -2.10. The molecule has 4 heteroatoms. The molecule has 0 saturated heterocycles. The Morgan fingerprint density at radius 3 is 2.63 bits per heavy atom. The number of methoxy groups -OCH3 is 1. The van der Waals surface area contributed by atoms with E-state index in [-0.39, 0.29) is 24.8 Å². The lowest BCUT2D eigenvalue weighted by Crippen LogP contribution is -2.05. The summed E-state index contributed by atoms with van der Waals surface area (Å²) in [7, 11) is 1.36. The molecule has 0 bridgehead atoms. The number of hydrogen-bond acceptors (Lipinski definition) is 4. The summed E-state index contributed by atoms with van der Waals surface area (Å²) in [5.74, 6) is -0.546. The van der Waals surface area contributed by atoms with Gasteiger partial charge in [0.05, 0.1) is 26.6 Å². The van der Waals surface area contributed by atoms with Crippen molar-refractivity contribution < 1.29 is 19.1 Å². The second-order valence-electron chi connectivity index (χ2n) is 3.86. The van der Waals surface area contributed by atoms with Crippen molar-refractivity contribution in [1.29, 1.82) is 0 Å². The fourth-order valence-electron chi connectivity index (χ4n) is 1.59. The molecule has 0 fully saturated rings. The minimum Gasteiger partial charge on any atom is -0.469 e. The third-order valence-corrected chi connectivity index (χ3v) is 2.50. The zero-order valence-electron chi connectivity index (χ0n) is 11.2. The van der Waals surface area contributed by atoms with Crippen LogP contribution in [0.15, 0.2) is 30.3 Å². The van der Waals surface area contributed by atoms with Crippen LogP contribution in [-0.2, 0) is 25.5 Å². The van der Waals surface area contributed by atoms with Crippen molar-refractivity contribution in [3.8, 4) is 0 Å². The highest BCUT2D eigenvalue weighted by Crippen LogP contribution is 2.12. The Morgan fingerprint density at radius 2 is 1.95 bits per heavy atom. The minimum atomic E-state index is -0.286. The molecule has 0 aromatic heterocycles. The smallest absolute Gasteiger partial charge is 0.309 e. The van der Waals surface area contributed by atoms with Gasteiger partial charge in [-0.25, -0.2) is 0 Å². The van der Waals surface area contributed by atoms with Gasteiger partial charge in [0.15, 0.2) is 0 Å². The first kappa shape index (κ1) is 15.0. The van der Waals surface area contributed by atoms with Crippen molar-refractivity contribution >= 4 is 18.0 Å². The van der Waals surface area contributed by atoms with E-state index in [1.807, 2.05) is 30.3 Å². The van der Waals surface area contributed by atoms with E-state index in [9.17, 15) is 9.59 Å². The summed E-state index contributed by atoms with van der Waals surface area (Å²) in [6.45, 7) is 2.15. The number of rotatable bonds is 6. The molecule has 0 heterocycles. The molecule has 0 atom stereocenters. The highest BCUT2D eigenvalue weighted by Gasteiger charge is 2.05. The maximum Gasteiger partial charge on any atom is 0.309 e. The van der Waals surface area contributed by atoms with E-state index in [2.05, 4.69) is 4.74 Å². The van der Waals surface area contributed by atoms with Gasteiger partial charge in [-0.2, -0.15) is 0 Å². The highest BCUT2D eigenvalue weighted by molar-refractivity contribution is 5.75. The summed E-state index contributed by atoms with van der Waals surface area (Å²) in [4.78, 5) is 22.5. The van der Waals surface area contributed by atoms with Gasteiger partial charge in [0.1, 0.15) is 0 Å². The fourth-order valence-corrected chi connectivity index (χ4v) is 1.59. The predicted octanol–water partition coefficient (Wildman–Crippen LogP) is 2.37. The van der Waals surface area contributed by atoms with E-state index >= 15 is 0 Å². The van der Waals surface area contributed by atoms with Crippen LogP contribution in [0.3, 0.4) is 0 Å². The Kier molecular flexibility index (Phi) is 6.36. The van der Waals surface area contributed by atoms with Gasteiger partial charge in [-0.05, 0) is 18.1 Å². The highest BCUT2D eigenvalue weighted by atomic mass is 16.5. The number of carbonyl (C=O) groups is 2. The Labute approximate surface area is 113 Å². The molecule has 0 aliphatic carbocycles. The number of hydrogen-bond donors (Lipinski definition) is 0. The van der Waals surface area contributed by atoms with Gasteiger partial charge in [-0.15, -0.1) is 0 Å². The zero-order chi connectivity index (χ0) is 14.1. The van der Waals surface area contributed by atoms with Gasteiger partial charge in [-0.1, -0.05) is 36.4 Å². The molecule has 1 aromatic rings. The van der Waals surface area contributed by atoms with E-state index < -0.39 is 0 Å². The molecule has 0 amide bonds. The quantitative estimate of drug-likeness (QED) is 0.738. The molecule has 0 spiro atoms. The van der Waals surface area contributed by atoms with Crippen LogP contribution < -0.4 is 0 Å². The summed E-state index contributed by atoms with van der Waals surface area (Å²) in [5, 5.41) is 0. The van der Waals surface area contributed by atoms with Crippen LogP contribution in [0.2, 0.25) is 0 Å². The molecule has 1 rings (SSSR count). The Balaban J connectivity index is 2.69. The molecular formula is C15H18O4. The van der Waals surface area contributed by atoms with Crippen LogP contribution >= 0.6 is 0 Å². The van der Waals surface area contributed by atoms with Crippen LogP contribution in [0.5, 0.6) is 0 Å². The molecule has 0 N–H and O–H groups in total. The van der Waals surface area contributed by atoms with Crippen LogP contribution in [0.4, 0.5) is 0 Å². The normalized spacial score (nSPS) is 10.4. The summed E-state index contributed by atoms with van der Waals surface area (Å²) >= 11 is 0. The molecule has 0 aliphatic heterocycles. The molecule has 102 valence electrons. The number of carbonyl (C=O) groups excluding carboxylic acids is 2. The van der Waals surface area contributed by atoms with Gasteiger partial charge in [0.25, 0.3) is 0 Å². The van der Waals surface area contributed by atoms with Crippen LogP contribution in [0.25, 0.3) is 6.08 Å². The number of ether oxygens (including phenoxy) is 2. The molecule has 0 radical (unpaired) electrons. The molecule has 0 aliphatic rings. The number of esters is 2. The number of benzene rings is 1. The van der Waals surface area contributed by atoms with Crippen LogP contribution in [0, 0.1) is 0 Å². The SMILES string of the molecule is CCOC(=O)CC=Cc1ccccc1CC(=O)OC. The second kappa shape index (κ2) is 8.08. The van der Waals surface area contributed by atoms with Crippen molar-refractivity contribution in [2.45, 2.75) is 19.8 Å². The molecule has 0 unspecified atom stereocenters. The molecule has 4 nitrogen and oxygen atoms in total. The molecule has 19 heavy (non-hydrogen) atoms. The van der Waals surface area contributed by atoms with Crippen molar-refractivity contribution in [3.05, 3.63) is 41.5 Å². The van der Waals surface area contributed by atoms with E-state index in [0.29, 0.717) is 6.61 Å². The first-order chi connectivity index (χ1) is 9.17. The molecule has 0 saturated carbocycles. The van der Waals surface area contributed by atoms with Gasteiger partial charge in [0, 0.05) is 0 Å². The lowest BCUT2D eigenvalue weighted by Gasteiger charge is -2.04. The van der Waals surface area contributed by atoms with Crippen molar-refractivity contribution in [2.24, 2.45) is 0 Å². The third-order valence-electron chi connectivity index (χ3n) is 2.50. The van der Waals surface area contributed by atoms with E-state index in [1.165, 1.54) is 7.11 Å². The first-order valence-corrected chi connectivity index (χ1v) is 6.14. The van der Waals surface area contributed by atoms with Crippen LogP contribution in [-0.4, -0.2) is 25.7 Å². The van der Waals surface area contributed by atoms with E-state index in [4.69, 9.17) is 4.74 Å². The average molecular weight is 262 g/mol. The van der Waals surface area contributed by atoms with E-state index in [0.717, 1.165) is 11.1 Å². The largest absolute Gasteiger partial charge is 0.469 e. The zero-order valence-corrected chi connectivity index (χ0v) is 11.2. The summed E-state index contributed by atoms with van der Waals surface area (Å²) < 4.78 is 9.47. The van der Waals surface area contributed by atoms with Crippen LogP contribution in [0.1, 0.15) is 24.5 Å². The van der Waals surface area contributed by atoms with Gasteiger partial charge >= 0.3 is 11.9 Å². The topological polar surface area (TPSA) is 52.6 Å². The van der Waals surface area contributed by atoms with Crippen molar-refractivity contribution in [1.82, 2.24) is 0 Å². The predicted molar refractivity (Wildman–Crippen MR) is 72.4 cm³/mol. The van der Waals surface area contributed by atoms with Crippen molar-refractivity contribution in [2.75, 3.05) is 13.7 Å². The van der Waals surface area contributed by atoms with E-state index in [1.54, 1.807) is 13.0 Å². The average Bonchev–Trinajstić information content (AvgIpc) is 2.41. The maximum atomic E-state index is 11.3. The lowest BCUT2D eigenvalue weighted by atomic mass is 10.0. The van der Waals surface area contributed by atoms with Crippen molar-refractivity contribution in [3.63, 3.8) is 0 Å². The summed E-state index contributed by atoms with van der Waals surface area (Å²) in [6, 6.07) is 7.49. The second-order valence-corrected chi connectivity index (χ2v) is 3.86. The first-order valence-electron chi connectivity index (χ1n) is 6.14. The third kappa shape index (κ3) is 5.38. The monoisotopic (exact) mass is 262 g/mol. The Morgan fingerprint density at radius 1 is 1.21 bits per heavy atom. The molecular weight excluding hydrogens is 244 g/mol. The molecule has 1 aromatic carbocycles. The Bertz CT molecular complexity index is 463. The van der Waals surface area contributed by atoms with Gasteiger partial charge < -0.3 is 9.47 Å². The standard InChI is InChI=1S/C15H18O4/c1-3-19-14(16)10-6-9-12-7-4-5-8-13(12)11-15(17)18-2/h4-9H,3,10-11H2,1-2H3. The maximum absolute atomic E-state index is 11.3. The summed E-state index contributed by atoms with van der Waals surface area (Å²) in [6.07, 6.45) is 3.99. The van der Waals surface area contributed by atoms with Gasteiger partial charge in [-0.3, -0.25) is 9.59 Å². The van der Waals surface area contributed by atoms with Gasteiger partial charge in [0.2, 0.25) is 0 Å². The minimum absolute atomic E-state index is 0.219. The summed E-state index contributed by atoms with van der Waals surface area (Å²) in [5.41, 5.74) is 1.77. The fraction of sp³-hybridized carbons (Fsp3) is 0.333. The lowest BCUT2D eigenvalue weighted by molar-refractivity contribution is -0.142.